The number of phenols is 2. The van der Waals surface area contributed by atoms with Gasteiger partial charge in [-0.3, -0.25) is 9.59 Å². The Morgan fingerprint density at radius 3 is 1.44 bits per heavy atom. The average Bonchev–Trinajstić information content (AvgIpc) is 3.38. The predicted octanol–water partition coefficient (Wildman–Crippen LogP) is 5.03. The number of quaternary nitrogens is 2. The second-order valence-corrected chi connectivity index (χ2v) is 18.5. The summed E-state index contributed by atoms with van der Waals surface area (Å²) in [6.07, 6.45) is 8.33. The molecule has 4 fully saturated rings. The lowest BCUT2D eigenvalue weighted by Crippen LogP contribution is -3.14. The normalized spacial score (nSPS) is 31.6. The fraction of sp³-hybridized carbons (Fsp3) is 0.600. The van der Waals surface area contributed by atoms with E-state index in [-0.39, 0.29) is 23.3 Å². The monoisotopic (exact) mass is 656 g/mol. The summed E-state index contributed by atoms with van der Waals surface area (Å²) in [4.78, 5) is 29.2. The van der Waals surface area contributed by atoms with Gasteiger partial charge >= 0.3 is 0 Å². The van der Waals surface area contributed by atoms with E-state index in [1.807, 2.05) is 0 Å². The fourth-order valence-corrected chi connectivity index (χ4v) is 11.4. The molecule has 6 unspecified atom stereocenters. The number of carbonyl (C=O) groups excluding carboxylic acids is 2. The van der Waals surface area contributed by atoms with Crippen LogP contribution in [0.5, 0.6) is 11.5 Å². The SMILES string of the molecule is CC1(C)CC2CC(C)(C[NH+]2CCC(=O)Nc2ccc3c(O)c4cc(NC(=O)CC[NH+]5CC6(C)CC5CC(C)(C)C6)ccc4c(O)c3c2)C1. The van der Waals surface area contributed by atoms with Crippen LogP contribution >= 0.6 is 0 Å². The van der Waals surface area contributed by atoms with Crippen LogP contribution < -0.4 is 20.4 Å². The number of fused-ring (bicyclic) bond motifs is 6. The van der Waals surface area contributed by atoms with Crippen LogP contribution in [0, 0.1) is 21.7 Å². The van der Waals surface area contributed by atoms with Crippen molar-refractivity contribution in [3.63, 3.8) is 0 Å². The molecule has 7 rings (SSSR count). The summed E-state index contributed by atoms with van der Waals surface area (Å²) in [7, 11) is 0. The van der Waals surface area contributed by atoms with Crippen LogP contribution in [0.3, 0.4) is 0 Å². The molecule has 2 heterocycles. The van der Waals surface area contributed by atoms with Crippen LogP contribution in [0.2, 0.25) is 0 Å². The molecule has 2 saturated carbocycles. The first-order chi connectivity index (χ1) is 22.5. The maximum absolute atomic E-state index is 13.0. The van der Waals surface area contributed by atoms with Crippen LogP contribution in [0.15, 0.2) is 36.4 Å². The molecule has 6 atom stereocenters. The minimum absolute atomic E-state index is 0.0370. The van der Waals surface area contributed by atoms with Crippen LogP contribution in [0.25, 0.3) is 21.5 Å². The van der Waals surface area contributed by atoms with Gasteiger partial charge in [-0.2, -0.15) is 0 Å². The number of anilines is 2. The first kappa shape index (κ1) is 33.2. The molecule has 2 amide bonds. The first-order valence-corrected chi connectivity index (χ1v) is 18.2. The van der Waals surface area contributed by atoms with Crippen molar-refractivity contribution < 1.29 is 29.6 Å². The molecule has 4 bridgehead atoms. The molecule has 48 heavy (non-hydrogen) atoms. The van der Waals surface area contributed by atoms with Crippen molar-refractivity contribution in [1.82, 2.24) is 0 Å². The predicted molar refractivity (Wildman–Crippen MR) is 192 cm³/mol. The van der Waals surface area contributed by atoms with Crippen molar-refractivity contribution in [2.24, 2.45) is 21.7 Å². The second kappa shape index (κ2) is 11.6. The number of carbonyl (C=O) groups is 2. The first-order valence-electron chi connectivity index (χ1n) is 18.2. The van der Waals surface area contributed by atoms with E-state index in [0.29, 0.717) is 79.5 Å². The van der Waals surface area contributed by atoms with E-state index < -0.39 is 0 Å². The molecule has 3 aromatic carbocycles. The molecule has 8 heteroatoms. The van der Waals surface area contributed by atoms with Crippen LogP contribution in [0.4, 0.5) is 11.4 Å². The lowest BCUT2D eigenvalue weighted by Gasteiger charge is -2.37. The molecule has 2 saturated heterocycles. The molecule has 6 N–H and O–H groups in total. The number of hydrogen-bond acceptors (Lipinski definition) is 4. The lowest BCUT2D eigenvalue weighted by atomic mass is 9.65. The fourth-order valence-electron chi connectivity index (χ4n) is 11.4. The Bertz CT molecular complexity index is 1650. The quantitative estimate of drug-likeness (QED) is 0.151. The molecular weight excluding hydrogens is 600 g/mol. The van der Waals surface area contributed by atoms with Crippen molar-refractivity contribution in [3.05, 3.63) is 36.4 Å². The molecule has 258 valence electrons. The highest BCUT2D eigenvalue weighted by Crippen LogP contribution is 2.48. The van der Waals surface area contributed by atoms with E-state index in [2.05, 4.69) is 52.2 Å². The molecule has 8 nitrogen and oxygen atoms in total. The Morgan fingerprint density at radius 2 is 1.04 bits per heavy atom. The lowest BCUT2D eigenvalue weighted by molar-refractivity contribution is -0.914. The number of rotatable bonds is 8. The molecule has 2 aliphatic heterocycles. The van der Waals surface area contributed by atoms with E-state index in [1.165, 1.54) is 38.5 Å². The highest BCUT2D eigenvalue weighted by molar-refractivity contribution is 6.12. The third kappa shape index (κ3) is 6.50. The standard InChI is InChI=1S/C40H54N4O4/c1-37(2)17-27-19-39(5,21-37)23-43(27)13-11-33(45)41-25-7-9-29-31(15-25)35(47)30-10-8-26(16-32(30)36(29)48)42-34(46)12-14-44-24-40(6)20-28(44)18-38(3,4)22-40/h7-10,15-16,27-28,47-48H,11-14,17-24H2,1-6H3,(H,41,45)(H,42,46)/p+2. The van der Waals surface area contributed by atoms with Gasteiger partial charge in [0.15, 0.2) is 0 Å². The Hall–Kier alpha value is -3.36. The van der Waals surface area contributed by atoms with E-state index in [1.54, 1.807) is 46.2 Å². The van der Waals surface area contributed by atoms with Crippen molar-refractivity contribution in [2.45, 2.75) is 105 Å². The van der Waals surface area contributed by atoms with Gasteiger partial charge in [-0.25, -0.2) is 0 Å². The minimum atomic E-state index is -0.0370. The zero-order chi connectivity index (χ0) is 34.2. The van der Waals surface area contributed by atoms with Gasteiger partial charge in [0.2, 0.25) is 11.8 Å². The van der Waals surface area contributed by atoms with Gasteiger partial charge in [-0.05, 0) is 60.1 Å². The molecule has 3 aromatic rings. The Labute approximate surface area is 285 Å². The van der Waals surface area contributed by atoms with E-state index >= 15 is 0 Å². The summed E-state index contributed by atoms with van der Waals surface area (Å²) < 4.78 is 0. The zero-order valence-corrected chi connectivity index (χ0v) is 29.8. The number of amides is 2. The number of nitrogens with one attached hydrogen (secondary N) is 4. The summed E-state index contributed by atoms with van der Waals surface area (Å²) in [5, 5.41) is 30.6. The van der Waals surface area contributed by atoms with E-state index in [9.17, 15) is 19.8 Å². The molecule has 2 aliphatic carbocycles. The van der Waals surface area contributed by atoms with Crippen molar-refractivity contribution in [2.75, 3.05) is 36.8 Å². The van der Waals surface area contributed by atoms with Crippen molar-refractivity contribution in [3.8, 4) is 11.5 Å². The number of phenolic OH excluding ortho intramolecular Hbond substituents is 2. The largest absolute Gasteiger partial charge is 0.507 e. The third-order valence-electron chi connectivity index (χ3n) is 12.3. The van der Waals surface area contributed by atoms with E-state index in [4.69, 9.17) is 0 Å². The van der Waals surface area contributed by atoms with Gasteiger partial charge in [0.25, 0.3) is 0 Å². The highest BCUT2D eigenvalue weighted by Gasteiger charge is 2.53. The smallest absolute Gasteiger partial charge is 0.230 e. The molecule has 0 radical (unpaired) electrons. The second-order valence-electron chi connectivity index (χ2n) is 18.5. The summed E-state index contributed by atoms with van der Waals surface area (Å²) in [6.45, 7) is 18.2. The molecule has 0 spiro atoms. The van der Waals surface area contributed by atoms with Gasteiger partial charge in [0.1, 0.15) is 11.5 Å². The average molecular weight is 657 g/mol. The minimum Gasteiger partial charge on any atom is -0.507 e. The summed E-state index contributed by atoms with van der Waals surface area (Å²) in [5.74, 6) is 0.00299. The van der Waals surface area contributed by atoms with Crippen LogP contribution in [-0.2, 0) is 9.59 Å². The van der Waals surface area contributed by atoms with Gasteiger partial charge in [-0.1, -0.05) is 41.5 Å². The summed E-state index contributed by atoms with van der Waals surface area (Å²) >= 11 is 0. The summed E-state index contributed by atoms with van der Waals surface area (Å²) in [5.41, 5.74) is 2.66. The van der Waals surface area contributed by atoms with E-state index in [0.717, 1.165) is 26.2 Å². The Balaban J connectivity index is 0.991. The Morgan fingerprint density at radius 1 is 0.646 bits per heavy atom. The van der Waals surface area contributed by atoms with Crippen molar-refractivity contribution >= 4 is 44.7 Å². The molecule has 4 aliphatic rings. The van der Waals surface area contributed by atoms with Gasteiger partial charge in [0.05, 0.1) is 51.1 Å². The number of benzene rings is 3. The highest BCUT2D eigenvalue weighted by atomic mass is 16.3. The number of likely N-dealkylation sites (tertiary alicyclic amines) is 2. The Kier molecular flexibility index (Phi) is 8.02. The molecule has 0 aromatic heterocycles. The third-order valence-corrected chi connectivity index (χ3v) is 12.3. The topological polar surface area (TPSA) is 108 Å². The van der Waals surface area contributed by atoms with Crippen LogP contribution in [-0.4, -0.2) is 60.3 Å². The summed E-state index contributed by atoms with van der Waals surface area (Å²) in [6, 6.07) is 11.7. The van der Waals surface area contributed by atoms with Crippen LogP contribution in [0.1, 0.15) is 92.9 Å². The van der Waals surface area contributed by atoms with Gasteiger partial charge in [-0.15, -0.1) is 0 Å². The van der Waals surface area contributed by atoms with Gasteiger partial charge < -0.3 is 30.6 Å². The zero-order valence-electron chi connectivity index (χ0n) is 29.8. The van der Waals surface area contributed by atoms with Gasteiger partial charge in [0, 0.05) is 69.4 Å². The number of aromatic hydroxyl groups is 2. The number of hydrogen-bond donors (Lipinski definition) is 6. The van der Waals surface area contributed by atoms with Crippen molar-refractivity contribution in [1.29, 1.82) is 0 Å². The maximum Gasteiger partial charge on any atom is 0.230 e. The molecular formula is C40H56N4O4+2. The maximum atomic E-state index is 13.0.